The number of carbonyl (C=O) groups excluding carboxylic acids is 1. The highest BCUT2D eigenvalue weighted by molar-refractivity contribution is 5.93. The highest BCUT2D eigenvalue weighted by Crippen LogP contribution is 2.47. The van der Waals surface area contributed by atoms with Crippen molar-refractivity contribution in [2.75, 3.05) is 19.7 Å². The van der Waals surface area contributed by atoms with E-state index in [9.17, 15) is 4.79 Å². The van der Waals surface area contributed by atoms with Crippen LogP contribution >= 0.6 is 0 Å². The maximum Gasteiger partial charge on any atom is 0.274 e. The molecule has 8 heteroatoms. The molecule has 0 bridgehead atoms. The Morgan fingerprint density at radius 1 is 1.23 bits per heavy atom. The highest BCUT2D eigenvalue weighted by atomic mass is 16.5. The third-order valence-electron chi connectivity index (χ3n) is 6.21. The van der Waals surface area contributed by atoms with E-state index < -0.39 is 0 Å². The highest BCUT2D eigenvalue weighted by Gasteiger charge is 2.46. The van der Waals surface area contributed by atoms with Crippen LogP contribution in [0.2, 0.25) is 0 Å². The zero-order chi connectivity index (χ0) is 17.3. The number of rotatable bonds is 4. The fourth-order valence-electron chi connectivity index (χ4n) is 4.44. The number of nitrogens with zero attached hydrogens (tertiary/aromatic N) is 5. The number of ether oxygens (including phenoxy) is 1. The van der Waals surface area contributed by atoms with Crippen LogP contribution < -0.4 is 4.74 Å². The second-order valence-electron chi connectivity index (χ2n) is 8.11. The Kier molecular flexibility index (Phi) is 3.01. The van der Waals surface area contributed by atoms with Crippen molar-refractivity contribution >= 4 is 5.91 Å². The lowest BCUT2D eigenvalue weighted by Gasteiger charge is -2.14. The summed E-state index contributed by atoms with van der Waals surface area (Å²) in [4.78, 5) is 19.7. The van der Waals surface area contributed by atoms with Gasteiger partial charge in [-0.05, 0) is 37.5 Å². The summed E-state index contributed by atoms with van der Waals surface area (Å²) in [5, 5.41) is 12.0. The van der Waals surface area contributed by atoms with Crippen molar-refractivity contribution in [3.05, 3.63) is 23.4 Å². The summed E-state index contributed by atoms with van der Waals surface area (Å²) < 4.78 is 7.26. The first-order chi connectivity index (χ1) is 12.8. The van der Waals surface area contributed by atoms with E-state index in [1.165, 1.54) is 25.7 Å². The summed E-state index contributed by atoms with van der Waals surface area (Å²) in [5.74, 6) is 4.63. The Hall–Kier alpha value is -2.38. The van der Waals surface area contributed by atoms with E-state index in [-0.39, 0.29) is 11.8 Å². The van der Waals surface area contributed by atoms with Gasteiger partial charge in [-0.1, -0.05) is 0 Å². The van der Waals surface area contributed by atoms with Crippen LogP contribution in [0.5, 0.6) is 5.88 Å². The van der Waals surface area contributed by atoms with Crippen molar-refractivity contribution in [1.29, 1.82) is 0 Å². The maximum atomic E-state index is 13.0. The summed E-state index contributed by atoms with van der Waals surface area (Å²) in [6, 6.07) is 1.77. The number of nitrogens with one attached hydrogen (secondary N) is 1. The third kappa shape index (κ3) is 2.34. The van der Waals surface area contributed by atoms with Crippen LogP contribution in [0.25, 0.3) is 0 Å². The molecule has 1 N–H and O–H groups in total. The predicted octanol–water partition coefficient (Wildman–Crippen LogP) is 1.54. The molecule has 2 saturated carbocycles. The van der Waals surface area contributed by atoms with E-state index in [2.05, 4.69) is 15.3 Å². The van der Waals surface area contributed by atoms with E-state index in [0.717, 1.165) is 24.7 Å². The maximum absolute atomic E-state index is 13.0. The molecule has 1 saturated heterocycles. The van der Waals surface area contributed by atoms with Gasteiger partial charge in [-0.25, -0.2) is 9.67 Å². The largest absolute Gasteiger partial charge is 0.476 e. The number of carbonyl (C=O) groups is 1. The molecule has 0 spiro atoms. The van der Waals surface area contributed by atoms with Gasteiger partial charge in [0.2, 0.25) is 5.88 Å². The molecule has 1 amide bonds. The van der Waals surface area contributed by atoms with Crippen molar-refractivity contribution in [1.82, 2.24) is 29.9 Å². The molecule has 136 valence electrons. The second-order valence-corrected chi connectivity index (χ2v) is 8.11. The number of aromatic amines is 1. The zero-order valence-corrected chi connectivity index (χ0v) is 14.6. The van der Waals surface area contributed by atoms with Crippen LogP contribution in [0.4, 0.5) is 0 Å². The van der Waals surface area contributed by atoms with E-state index >= 15 is 0 Å². The molecular weight excluding hydrogens is 332 g/mol. The molecule has 2 atom stereocenters. The molecule has 0 unspecified atom stereocenters. The van der Waals surface area contributed by atoms with Crippen LogP contribution in [-0.2, 0) is 6.54 Å². The smallest absolute Gasteiger partial charge is 0.274 e. The van der Waals surface area contributed by atoms with Crippen LogP contribution in [0, 0.1) is 11.8 Å². The van der Waals surface area contributed by atoms with E-state index in [4.69, 9.17) is 9.72 Å². The van der Waals surface area contributed by atoms with Gasteiger partial charge in [-0.2, -0.15) is 10.2 Å². The molecule has 4 aliphatic rings. The normalized spacial score (nSPS) is 27.6. The average molecular weight is 354 g/mol. The Morgan fingerprint density at radius 3 is 2.88 bits per heavy atom. The number of fused-ring (bicyclic) bond motifs is 1. The minimum atomic E-state index is 0.00517. The Balaban J connectivity index is 1.25. The van der Waals surface area contributed by atoms with E-state index in [0.29, 0.717) is 42.5 Å². The molecule has 3 fully saturated rings. The SMILES string of the molecule is O=C(c1cc2n(n1)CCO2)N1C[C@H](c2nc(C3CC3)n[nH]2)[C@@H](C2CC2)C1. The van der Waals surface area contributed by atoms with Crippen molar-refractivity contribution in [2.45, 2.75) is 44.1 Å². The molecule has 6 rings (SSSR count). The van der Waals surface area contributed by atoms with Gasteiger partial charge in [0.05, 0.1) is 6.54 Å². The summed E-state index contributed by atoms with van der Waals surface area (Å²) in [6.07, 6.45) is 4.93. The van der Waals surface area contributed by atoms with Crippen LogP contribution in [0.3, 0.4) is 0 Å². The molecule has 0 aromatic carbocycles. The van der Waals surface area contributed by atoms with Gasteiger partial charge in [-0.3, -0.25) is 9.89 Å². The van der Waals surface area contributed by atoms with Crippen LogP contribution in [-0.4, -0.2) is 55.5 Å². The first-order valence-electron chi connectivity index (χ1n) is 9.68. The van der Waals surface area contributed by atoms with Crippen molar-refractivity contribution in [3.63, 3.8) is 0 Å². The monoisotopic (exact) mass is 354 g/mol. The van der Waals surface area contributed by atoms with Crippen molar-refractivity contribution in [2.24, 2.45) is 11.8 Å². The molecule has 2 aromatic rings. The Bertz CT molecular complexity index is 843. The quantitative estimate of drug-likeness (QED) is 0.900. The van der Waals surface area contributed by atoms with Crippen molar-refractivity contribution in [3.8, 4) is 5.88 Å². The molecule has 2 aliphatic heterocycles. The van der Waals surface area contributed by atoms with Gasteiger partial charge in [0.25, 0.3) is 5.91 Å². The number of hydrogen-bond acceptors (Lipinski definition) is 5. The van der Waals surface area contributed by atoms with Gasteiger partial charge in [0, 0.05) is 31.0 Å². The lowest BCUT2D eigenvalue weighted by Crippen LogP contribution is -2.29. The first-order valence-corrected chi connectivity index (χ1v) is 9.68. The van der Waals surface area contributed by atoms with E-state index in [1.54, 1.807) is 10.7 Å². The topological polar surface area (TPSA) is 88.9 Å². The lowest BCUT2D eigenvalue weighted by molar-refractivity contribution is 0.0777. The van der Waals surface area contributed by atoms with Crippen molar-refractivity contribution < 1.29 is 9.53 Å². The minimum Gasteiger partial charge on any atom is -0.476 e. The molecule has 0 radical (unpaired) electrons. The zero-order valence-electron chi connectivity index (χ0n) is 14.6. The standard InChI is InChI=1S/C18H22N6O2/c25-18(14-7-15-24(22-14)5-6-26-15)23-8-12(10-1-2-10)13(9-23)17-19-16(20-21-17)11-3-4-11/h7,10-13H,1-6,8-9H2,(H,19,20,21)/t12-,13+/m1/s1. The third-order valence-corrected chi connectivity index (χ3v) is 6.21. The summed E-state index contributed by atoms with van der Waals surface area (Å²) in [6.45, 7) is 2.85. The summed E-state index contributed by atoms with van der Waals surface area (Å²) in [5.41, 5.74) is 0.492. The van der Waals surface area contributed by atoms with Gasteiger partial charge < -0.3 is 9.64 Å². The number of amides is 1. The fraction of sp³-hybridized carbons (Fsp3) is 0.667. The van der Waals surface area contributed by atoms with Crippen LogP contribution in [0.15, 0.2) is 6.07 Å². The first kappa shape index (κ1) is 14.8. The van der Waals surface area contributed by atoms with E-state index in [1.807, 2.05) is 4.90 Å². The van der Waals surface area contributed by atoms with Crippen LogP contribution in [0.1, 0.15) is 59.7 Å². The van der Waals surface area contributed by atoms with Gasteiger partial charge in [0.15, 0.2) is 11.5 Å². The molecule has 8 nitrogen and oxygen atoms in total. The number of aromatic nitrogens is 5. The molecular formula is C18H22N6O2. The number of H-pyrrole nitrogens is 1. The summed E-state index contributed by atoms with van der Waals surface area (Å²) >= 11 is 0. The fourth-order valence-corrected chi connectivity index (χ4v) is 4.44. The predicted molar refractivity (Wildman–Crippen MR) is 90.9 cm³/mol. The lowest BCUT2D eigenvalue weighted by atomic mass is 9.91. The number of likely N-dealkylation sites (tertiary alicyclic amines) is 1. The number of hydrogen-bond donors (Lipinski definition) is 1. The van der Waals surface area contributed by atoms with Gasteiger partial charge in [0.1, 0.15) is 12.4 Å². The summed E-state index contributed by atoms with van der Waals surface area (Å²) in [7, 11) is 0. The van der Waals surface area contributed by atoms with Gasteiger partial charge >= 0.3 is 0 Å². The second kappa shape index (κ2) is 5.31. The molecule has 2 aliphatic carbocycles. The van der Waals surface area contributed by atoms with Gasteiger partial charge in [-0.15, -0.1) is 0 Å². The average Bonchev–Trinajstić information content (AvgIpc) is 3.45. The molecule has 4 heterocycles. The Morgan fingerprint density at radius 2 is 2.12 bits per heavy atom. The minimum absolute atomic E-state index is 0.00517. The molecule has 26 heavy (non-hydrogen) atoms. The Labute approximate surface area is 150 Å². The molecule has 2 aromatic heterocycles.